The number of benzene rings is 1. The maximum absolute atomic E-state index is 13.1. The number of nitrogens with one attached hydrogen (secondary N) is 2. The number of hydrogen-bond donors (Lipinski definition) is 2. The van der Waals surface area contributed by atoms with E-state index in [2.05, 4.69) is 19.9 Å². The maximum Gasteiger partial charge on any atom is 0.336 e. The lowest BCUT2D eigenvalue weighted by Crippen LogP contribution is -2.31. The van der Waals surface area contributed by atoms with Gasteiger partial charge in [0.1, 0.15) is 23.4 Å². The van der Waals surface area contributed by atoms with Gasteiger partial charge in [-0.15, -0.1) is 10.2 Å². The van der Waals surface area contributed by atoms with Gasteiger partial charge in [-0.1, -0.05) is 20.3 Å². The molecule has 2 N–H and O–H groups in total. The monoisotopic (exact) mass is 516 g/mol. The Kier molecular flexibility index (Phi) is 7.71. The molecule has 0 aliphatic heterocycles. The van der Waals surface area contributed by atoms with Gasteiger partial charge in [0.15, 0.2) is 11.3 Å². The number of likely N-dealkylation sites (N-methyl/N-ethyl adjacent to an activating group) is 1. The lowest BCUT2D eigenvalue weighted by atomic mass is 10.2. The lowest BCUT2D eigenvalue weighted by Gasteiger charge is -2.13. The Hall–Kier alpha value is -3.29. The minimum atomic E-state index is -3.76. The SMILES string of the molecule is CCCCn1c(=O)n2cnnc2c2[nH]c(-c3cc(S(=O)(=O)NCCN(C)C)ccc3OCCC)nc21. The third-order valence-electron chi connectivity index (χ3n) is 5.71. The first kappa shape index (κ1) is 25.8. The van der Waals surface area contributed by atoms with Gasteiger partial charge in [0.2, 0.25) is 10.0 Å². The highest BCUT2D eigenvalue weighted by Gasteiger charge is 2.22. The zero-order valence-electron chi connectivity index (χ0n) is 21.0. The molecule has 12 nitrogen and oxygen atoms in total. The van der Waals surface area contributed by atoms with Crippen LogP contribution < -0.4 is 15.1 Å². The van der Waals surface area contributed by atoms with Crippen LogP contribution in [0.1, 0.15) is 33.1 Å². The third kappa shape index (κ3) is 5.13. The van der Waals surface area contributed by atoms with E-state index in [1.807, 2.05) is 32.8 Å². The Morgan fingerprint density at radius 2 is 1.97 bits per heavy atom. The second-order valence-electron chi connectivity index (χ2n) is 8.80. The Labute approximate surface area is 209 Å². The average Bonchev–Trinajstić information content (AvgIpc) is 3.50. The topological polar surface area (TPSA) is 140 Å². The number of unbranched alkanes of at least 4 members (excludes halogenated alkanes) is 1. The fourth-order valence-corrected chi connectivity index (χ4v) is 4.86. The van der Waals surface area contributed by atoms with E-state index >= 15 is 0 Å². The molecule has 0 bridgehead atoms. The summed E-state index contributed by atoms with van der Waals surface area (Å²) in [7, 11) is -0.0113. The molecule has 0 amide bonds. The van der Waals surface area contributed by atoms with Crippen molar-refractivity contribution >= 4 is 26.8 Å². The molecule has 4 aromatic rings. The maximum atomic E-state index is 13.1. The van der Waals surface area contributed by atoms with Crippen LogP contribution in [0.25, 0.3) is 28.2 Å². The molecule has 36 heavy (non-hydrogen) atoms. The smallest absolute Gasteiger partial charge is 0.336 e. The lowest BCUT2D eigenvalue weighted by molar-refractivity contribution is 0.318. The summed E-state index contributed by atoms with van der Waals surface area (Å²) in [6.07, 6.45) is 3.86. The van der Waals surface area contributed by atoms with Crippen LogP contribution in [-0.2, 0) is 16.6 Å². The van der Waals surface area contributed by atoms with Gasteiger partial charge in [0.25, 0.3) is 0 Å². The van der Waals surface area contributed by atoms with Crippen LogP contribution in [0.2, 0.25) is 0 Å². The van der Waals surface area contributed by atoms with Crippen molar-refractivity contribution in [1.29, 1.82) is 0 Å². The standard InChI is InChI=1S/C23H32N8O4S/c1-5-7-11-30-21-19(22-28-24-15-31(22)23(30)32)26-20(27-21)17-14-16(8-9-18(17)35-13-6-2)36(33,34)25-10-12-29(3)4/h8-9,14-15,25H,5-7,10-13H2,1-4H3,(H,26,27). The fourth-order valence-electron chi connectivity index (χ4n) is 3.81. The fraction of sp³-hybridized carbons (Fsp3) is 0.478. The summed E-state index contributed by atoms with van der Waals surface area (Å²) in [5.74, 6) is 0.866. The first-order valence-electron chi connectivity index (χ1n) is 12.0. The van der Waals surface area contributed by atoms with Crippen LogP contribution in [-0.4, -0.2) is 76.2 Å². The first-order chi connectivity index (χ1) is 17.3. The Morgan fingerprint density at radius 1 is 1.17 bits per heavy atom. The highest BCUT2D eigenvalue weighted by molar-refractivity contribution is 7.89. The van der Waals surface area contributed by atoms with Crippen LogP contribution in [0.15, 0.2) is 34.2 Å². The molecular formula is C23H32N8O4S. The number of nitrogens with zero attached hydrogens (tertiary/aromatic N) is 6. The van der Waals surface area contributed by atoms with Crippen LogP contribution in [0, 0.1) is 0 Å². The van der Waals surface area contributed by atoms with E-state index in [0.29, 0.717) is 53.6 Å². The molecule has 4 rings (SSSR count). The van der Waals surface area contributed by atoms with E-state index in [-0.39, 0.29) is 17.1 Å². The van der Waals surface area contributed by atoms with Crippen LogP contribution in [0.5, 0.6) is 5.75 Å². The number of imidazole rings is 1. The summed E-state index contributed by atoms with van der Waals surface area (Å²) in [6, 6.07) is 4.69. The number of hydrogen-bond acceptors (Lipinski definition) is 8. The average molecular weight is 517 g/mol. The van der Waals surface area contributed by atoms with Crippen molar-refractivity contribution in [3.8, 4) is 17.1 Å². The number of sulfonamides is 1. The van der Waals surface area contributed by atoms with E-state index in [9.17, 15) is 13.2 Å². The molecule has 0 spiro atoms. The molecule has 0 radical (unpaired) electrons. The highest BCUT2D eigenvalue weighted by Crippen LogP contribution is 2.32. The van der Waals surface area contributed by atoms with Gasteiger partial charge in [-0.3, -0.25) is 4.57 Å². The molecule has 0 atom stereocenters. The van der Waals surface area contributed by atoms with Crippen molar-refractivity contribution in [2.75, 3.05) is 33.8 Å². The zero-order chi connectivity index (χ0) is 25.9. The van der Waals surface area contributed by atoms with Gasteiger partial charge in [0.05, 0.1) is 17.1 Å². The number of rotatable bonds is 12. The Morgan fingerprint density at radius 3 is 2.69 bits per heavy atom. The van der Waals surface area contributed by atoms with Gasteiger partial charge >= 0.3 is 5.69 Å². The highest BCUT2D eigenvalue weighted by atomic mass is 32.2. The molecule has 0 aliphatic carbocycles. The summed E-state index contributed by atoms with van der Waals surface area (Å²) in [6.45, 7) is 5.81. The van der Waals surface area contributed by atoms with Crippen LogP contribution >= 0.6 is 0 Å². The number of ether oxygens (including phenoxy) is 1. The van der Waals surface area contributed by atoms with Gasteiger partial charge in [-0.05, 0) is 45.1 Å². The quantitative estimate of drug-likeness (QED) is 0.291. The van der Waals surface area contributed by atoms with Crippen molar-refractivity contribution in [3.63, 3.8) is 0 Å². The second kappa shape index (κ2) is 10.8. The summed E-state index contributed by atoms with van der Waals surface area (Å²) in [4.78, 5) is 23.0. The molecule has 0 saturated heterocycles. The van der Waals surface area contributed by atoms with Crippen LogP contribution in [0.4, 0.5) is 0 Å². The van der Waals surface area contributed by atoms with Crippen LogP contribution in [0.3, 0.4) is 0 Å². The Balaban J connectivity index is 1.86. The number of aryl methyl sites for hydroxylation is 1. The first-order valence-corrected chi connectivity index (χ1v) is 13.5. The van der Waals surface area contributed by atoms with E-state index in [1.165, 1.54) is 22.9 Å². The normalized spacial score (nSPS) is 12.2. The molecule has 0 saturated carbocycles. The largest absolute Gasteiger partial charge is 0.493 e. The van der Waals surface area contributed by atoms with E-state index in [4.69, 9.17) is 9.72 Å². The van der Waals surface area contributed by atoms with Crippen molar-refractivity contribution < 1.29 is 13.2 Å². The minimum absolute atomic E-state index is 0.0940. The van der Waals surface area contributed by atoms with E-state index < -0.39 is 10.0 Å². The van der Waals surface area contributed by atoms with Crippen molar-refractivity contribution in [3.05, 3.63) is 35.0 Å². The molecule has 0 aliphatic rings. The number of H-pyrrole nitrogens is 1. The summed E-state index contributed by atoms with van der Waals surface area (Å²) in [5, 5.41) is 8.00. The van der Waals surface area contributed by atoms with Gasteiger partial charge in [-0.2, -0.15) is 0 Å². The number of aromatic nitrogens is 6. The number of aromatic amines is 1. The Bertz CT molecular complexity index is 1520. The van der Waals surface area contributed by atoms with Gasteiger partial charge in [-0.25, -0.2) is 27.3 Å². The molecule has 3 heterocycles. The van der Waals surface area contributed by atoms with E-state index in [0.717, 1.165) is 19.3 Å². The molecule has 3 aromatic heterocycles. The van der Waals surface area contributed by atoms with Crippen molar-refractivity contribution in [2.24, 2.45) is 0 Å². The summed E-state index contributed by atoms with van der Waals surface area (Å²) >= 11 is 0. The number of fused-ring (bicyclic) bond motifs is 3. The van der Waals surface area contributed by atoms with Crippen molar-refractivity contribution in [1.82, 2.24) is 38.8 Å². The molecular weight excluding hydrogens is 484 g/mol. The minimum Gasteiger partial charge on any atom is -0.493 e. The zero-order valence-corrected chi connectivity index (χ0v) is 21.8. The molecule has 1 aromatic carbocycles. The van der Waals surface area contributed by atoms with E-state index in [1.54, 1.807) is 10.6 Å². The van der Waals surface area contributed by atoms with Gasteiger partial charge < -0.3 is 14.6 Å². The molecule has 0 fully saturated rings. The van der Waals surface area contributed by atoms with Crippen molar-refractivity contribution in [2.45, 2.75) is 44.6 Å². The predicted octanol–water partition coefficient (Wildman–Crippen LogP) is 1.86. The molecule has 13 heteroatoms. The third-order valence-corrected chi connectivity index (χ3v) is 7.17. The molecule has 0 unspecified atom stereocenters. The second-order valence-corrected chi connectivity index (χ2v) is 10.6. The predicted molar refractivity (Wildman–Crippen MR) is 137 cm³/mol. The van der Waals surface area contributed by atoms with Gasteiger partial charge in [0, 0.05) is 19.6 Å². The molecule has 194 valence electrons. The summed E-state index contributed by atoms with van der Waals surface area (Å²) < 4.78 is 37.5. The summed E-state index contributed by atoms with van der Waals surface area (Å²) in [5.41, 5.74) is 1.52.